The fourth-order valence-electron chi connectivity index (χ4n) is 1.77. The lowest BCUT2D eigenvalue weighted by Gasteiger charge is -2.15. The van der Waals surface area contributed by atoms with Crippen LogP contribution < -0.4 is 15.4 Å². The van der Waals surface area contributed by atoms with E-state index in [4.69, 9.17) is 10.5 Å². The van der Waals surface area contributed by atoms with Crippen LogP contribution >= 0.6 is 0 Å². The molecule has 0 radical (unpaired) electrons. The first-order valence-corrected chi connectivity index (χ1v) is 6.40. The molecule has 3 nitrogen and oxygen atoms in total. The molecule has 0 amide bonds. The third-order valence-electron chi connectivity index (χ3n) is 2.76. The van der Waals surface area contributed by atoms with E-state index in [2.05, 4.69) is 6.58 Å². The molecule has 0 aliphatic carbocycles. The second-order valence-electron chi connectivity index (χ2n) is 4.24. The molecule has 0 aromatic heterocycles. The molecule has 0 saturated heterocycles. The van der Waals surface area contributed by atoms with E-state index in [0.717, 1.165) is 22.9 Å². The molecule has 0 atom stereocenters. The van der Waals surface area contributed by atoms with Crippen molar-refractivity contribution in [2.75, 3.05) is 10.6 Å². The molecule has 2 aromatic carbocycles. The van der Waals surface area contributed by atoms with E-state index in [1.165, 1.54) is 0 Å². The molecule has 0 heterocycles. The number of nitrogens with two attached hydrogens (primary N) is 1. The van der Waals surface area contributed by atoms with Gasteiger partial charge in [0.15, 0.2) is 0 Å². The highest BCUT2D eigenvalue weighted by Gasteiger charge is 2.01. The molecule has 0 fully saturated rings. The molecule has 0 unspecified atom stereocenters. The summed E-state index contributed by atoms with van der Waals surface area (Å²) in [5, 5.41) is 0. The van der Waals surface area contributed by atoms with Gasteiger partial charge in [0.2, 0.25) is 0 Å². The van der Waals surface area contributed by atoms with Gasteiger partial charge in [-0.15, -0.1) is 0 Å². The quantitative estimate of drug-likeness (QED) is 0.807. The minimum absolute atomic E-state index is 0.723. The van der Waals surface area contributed by atoms with Gasteiger partial charge in [0, 0.05) is 23.8 Å². The van der Waals surface area contributed by atoms with Gasteiger partial charge in [-0.2, -0.15) is 0 Å². The predicted molar refractivity (Wildman–Crippen MR) is 84.9 cm³/mol. The smallest absolute Gasteiger partial charge is 0.127 e. The summed E-state index contributed by atoms with van der Waals surface area (Å²) in [5.74, 6) is 1.55. The largest absolute Gasteiger partial charge is 0.457 e. The Morgan fingerprint density at radius 3 is 2.05 bits per heavy atom. The van der Waals surface area contributed by atoms with Gasteiger partial charge >= 0.3 is 0 Å². The van der Waals surface area contributed by atoms with Crippen molar-refractivity contribution in [2.45, 2.75) is 6.92 Å². The standard InChI is InChI=1S/C17H18N2O/c1-3-13-19(4-2)15-7-11-17(12-8-15)20-16-9-5-14(18)6-10-16/h3-13H,2,18H2,1H3/b13-3-. The number of benzene rings is 2. The molecule has 3 heteroatoms. The molecule has 2 rings (SSSR count). The number of hydrogen-bond acceptors (Lipinski definition) is 3. The van der Waals surface area contributed by atoms with Crippen LogP contribution in [0.25, 0.3) is 0 Å². The van der Waals surface area contributed by atoms with E-state index in [1.807, 2.05) is 72.6 Å². The first-order valence-electron chi connectivity index (χ1n) is 6.40. The molecule has 2 aromatic rings. The van der Waals surface area contributed by atoms with Crippen LogP contribution in [-0.2, 0) is 0 Å². The summed E-state index contributed by atoms with van der Waals surface area (Å²) in [7, 11) is 0. The second-order valence-corrected chi connectivity index (χ2v) is 4.24. The number of nitrogens with zero attached hydrogens (tertiary/aromatic N) is 1. The Bertz CT molecular complexity index is 585. The molecule has 0 spiro atoms. The Hall–Kier alpha value is -2.68. The summed E-state index contributed by atoms with van der Waals surface area (Å²) in [6, 6.07) is 15.1. The van der Waals surface area contributed by atoms with Crippen molar-refractivity contribution in [3.8, 4) is 11.5 Å². The molecular weight excluding hydrogens is 248 g/mol. The van der Waals surface area contributed by atoms with Gasteiger partial charge in [-0.05, 0) is 55.5 Å². The Balaban J connectivity index is 2.11. The van der Waals surface area contributed by atoms with Crippen LogP contribution in [0.1, 0.15) is 6.92 Å². The van der Waals surface area contributed by atoms with Crippen molar-refractivity contribution in [1.29, 1.82) is 0 Å². The number of anilines is 2. The summed E-state index contributed by atoms with van der Waals surface area (Å²) >= 11 is 0. The van der Waals surface area contributed by atoms with Gasteiger partial charge in [-0.3, -0.25) is 0 Å². The molecule has 0 bridgehead atoms. The highest BCUT2D eigenvalue weighted by molar-refractivity contribution is 5.54. The number of allylic oxidation sites excluding steroid dienone is 1. The van der Waals surface area contributed by atoms with Crippen molar-refractivity contribution in [3.05, 3.63) is 73.6 Å². The van der Waals surface area contributed by atoms with E-state index in [1.54, 1.807) is 6.20 Å². The topological polar surface area (TPSA) is 38.5 Å². The molecule has 102 valence electrons. The van der Waals surface area contributed by atoms with Gasteiger partial charge in [-0.25, -0.2) is 0 Å². The van der Waals surface area contributed by atoms with Crippen LogP contribution in [0.3, 0.4) is 0 Å². The number of nitrogen functional groups attached to an aromatic ring is 1. The van der Waals surface area contributed by atoms with E-state index < -0.39 is 0 Å². The van der Waals surface area contributed by atoms with Gasteiger partial charge in [0.05, 0.1) is 0 Å². The summed E-state index contributed by atoms with van der Waals surface area (Å²) in [4.78, 5) is 1.94. The zero-order valence-electron chi connectivity index (χ0n) is 11.5. The molecule has 2 N–H and O–H groups in total. The average molecular weight is 266 g/mol. The maximum atomic E-state index is 5.74. The molecule has 20 heavy (non-hydrogen) atoms. The average Bonchev–Trinajstić information content (AvgIpc) is 2.48. The third kappa shape index (κ3) is 3.42. The highest BCUT2D eigenvalue weighted by Crippen LogP contribution is 2.25. The Morgan fingerprint density at radius 1 is 1.00 bits per heavy atom. The van der Waals surface area contributed by atoms with Crippen LogP contribution in [0, 0.1) is 0 Å². The van der Waals surface area contributed by atoms with Gasteiger partial charge < -0.3 is 15.4 Å². The zero-order valence-corrected chi connectivity index (χ0v) is 11.5. The van der Waals surface area contributed by atoms with Crippen LogP contribution in [0.2, 0.25) is 0 Å². The lowest BCUT2D eigenvalue weighted by molar-refractivity contribution is 0.483. The van der Waals surface area contributed by atoms with E-state index in [0.29, 0.717) is 0 Å². The van der Waals surface area contributed by atoms with Crippen molar-refractivity contribution in [2.24, 2.45) is 0 Å². The molecule has 0 aliphatic heterocycles. The van der Waals surface area contributed by atoms with E-state index in [9.17, 15) is 0 Å². The lowest BCUT2D eigenvalue weighted by Crippen LogP contribution is -2.05. The Kier molecular flexibility index (Phi) is 4.45. The molecular formula is C17H18N2O. The summed E-state index contributed by atoms with van der Waals surface area (Å²) < 4.78 is 5.74. The minimum atomic E-state index is 0.723. The zero-order chi connectivity index (χ0) is 14.4. The van der Waals surface area contributed by atoms with Crippen LogP contribution in [0.15, 0.2) is 73.6 Å². The second kappa shape index (κ2) is 6.48. The number of rotatable bonds is 5. The SMILES string of the molecule is C=CN(/C=C\C)c1ccc(Oc2ccc(N)cc2)cc1. The monoisotopic (exact) mass is 266 g/mol. The maximum absolute atomic E-state index is 5.74. The van der Waals surface area contributed by atoms with Gasteiger partial charge in [0.25, 0.3) is 0 Å². The Morgan fingerprint density at radius 2 is 1.55 bits per heavy atom. The van der Waals surface area contributed by atoms with E-state index in [-0.39, 0.29) is 0 Å². The van der Waals surface area contributed by atoms with Crippen LogP contribution in [0.5, 0.6) is 11.5 Å². The molecule has 0 saturated carbocycles. The number of ether oxygens (including phenoxy) is 1. The predicted octanol–water partition coefficient (Wildman–Crippen LogP) is 4.54. The summed E-state index contributed by atoms with van der Waals surface area (Å²) in [5.41, 5.74) is 7.39. The maximum Gasteiger partial charge on any atom is 0.127 e. The van der Waals surface area contributed by atoms with Crippen molar-refractivity contribution < 1.29 is 4.74 Å². The fourth-order valence-corrected chi connectivity index (χ4v) is 1.77. The minimum Gasteiger partial charge on any atom is -0.457 e. The first kappa shape index (κ1) is 13.7. The highest BCUT2D eigenvalue weighted by atomic mass is 16.5. The third-order valence-corrected chi connectivity index (χ3v) is 2.76. The fraction of sp³-hybridized carbons (Fsp3) is 0.0588. The molecule has 0 aliphatic rings. The normalized spacial score (nSPS) is 10.4. The number of hydrogen-bond donors (Lipinski definition) is 1. The van der Waals surface area contributed by atoms with Crippen molar-refractivity contribution >= 4 is 11.4 Å². The Labute approximate surface area is 119 Å². The lowest BCUT2D eigenvalue weighted by atomic mass is 10.2. The first-order chi connectivity index (χ1) is 9.72. The van der Waals surface area contributed by atoms with Gasteiger partial charge in [0.1, 0.15) is 11.5 Å². The van der Waals surface area contributed by atoms with Gasteiger partial charge in [-0.1, -0.05) is 12.7 Å². The summed E-state index contributed by atoms with van der Waals surface area (Å²) in [6.45, 7) is 5.75. The van der Waals surface area contributed by atoms with E-state index >= 15 is 0 Å². The summed E-state index contributed by atoms with van der Waals surface area (Å²) in [6.07, 6.45) is 5.67. The van der Waals surface area contributed by atoms with Crippen LogP contribution in [-0.4, -0.2) is 0 Å². The van der Waals surface area contributed by atoms with Crippen molar-refractivity contribution in [1.82, 2.24) is 0 Å². The van der Waals surface area contributed by atoms with Crippen LogP contribution in [0.4, 0.5) is 11.4 Å². The van der Waals surface area contributed by atoms with Crippen molar-refractivity contribution in [3.63, 3.8) is 0 Å².